The number of carboxylic acid groups (broad SMARTS) is 1. The number of aliphatic carboxylic acids is 1. The summed E-state index contributed by atoms with van der Waals surface area (Å²) in [5.41, 5.74) is 1.26. The van der Waals surface area contributed by atoms with Gasteiger partial charge in [0, 0.05) is 26.2 Å². The molecular formula is C22H26N6O3. The second-order valence-corrected chi connectivity index (χ2v) is 7.87. The normalized spacial score (nSPS) is 15.9. The molecule has 1 atom stereocenters. The van der Waals surface area contributed by atoms with Gasteiger partial charge in [-0.05, 0) is 31.5 Å². The fourth-order valence-corrected chi connectivity index (χ4v) is 3.91. The third kappa shape index (κ3) is 4.22. The van der Waals surface area contributed by atoms with Crippen molar-refractivity contribution in [3.63, 3.8) is 0 Å². The van der Waals surface area contributed by atoms with Crippen molar-refractivity contribution in [3.05, 3.63) is 71.0 Å². The first-order valence-electron chi connectivity index (χ1n) is 10.3. The van der Waals surface area contributed by atoms with Crippen LogP contribution < -0.4 is 10.6 Å². The molecule has 1 aliphatic rings. The third-order valence-electron chi connectivity index (χ3n) is 5.55. The molecule has 0 spiro atoms. The molecule has 2 aromatic heterocycles. The molecule has 0 bridgehead atoms. The molecule has 9 heteroatoms. The van der Waals surface area contributed by atoms with Gasteiger partial charge >= 0.3 is 11.7 Å². The van der Waals surface area contributed by atoms with Crippen molar-refractivity contribution >= 4 is 11.8 Å². The Balaban J connectivity index is 1.44. The van der Waals surface area contributed by atoms with Crippen LogP contribution in [0.3, 0.4) is 0 Å². The number of anilines is 1. The van der Waals surface area contributed by atoms with Gasteiger partial charge < -0.3 is 10.0 Å². The van der Waals surface area contributed by atoms with Crippen LogP contribution in [0.4, 0.5) is 5.82 Å². The molecule has 0 amide bonds. The zero-order chi connectivity index (χ0) is 22.0. The monoisotopic (exact) mass is 422 g/mol. The maximum absolute atomic E-state index is 12.4. The second kappa shape index (κ2) is 8.73. The van der Waals surface area contributed by atoms with E-state index in [2.05, 4.69) is 15.0 Å². The van der Waals surface area contributed by atoms with Gasteiger partial charge in [0.2, 0.25) is 0 Å². The van der Waals surface area contributed by atoms with Crippen LogP contribution in [-0.2, 0) is 4.79 Å². The fourth-order valence-electron chi connectivity index (χ4n) is 3.91. The van der Waals surface area contributed by atoms with Gasteiger partial charge in [-0.3, -0.25) is 9.69 Å². The molecular weight excluding hydrogens is 396 g/mol. The minimum absolute atomic E-state index is 0.0113. The highest BCUT2D eigenvalue weighted by molar-refractivity contribution is 5.75. The van der Waals surface area contributed by atoms with E-state index in [1.807, 2.05) is 61.2 Å². The molecule has 1 N–H and O–H groups in total. The summed E-state index contributed by atoms with van der Waals surface area (Å²) in [5.74, 6) is -0.0335. The quantitative estimate of drug-likeness (QED) is 0.649. The minimum atomic E-state index is -0.838. The maximum Gasteiger partial charge on any atom is 0.350 e. The molecule has 31 heavy (non-hydrogen) atoms. The Bertz CT molecular complexity index is 1080. The van der Waals surface area contributed by atoms with Gasteiger partial charge in [-0.15, -0.1) is 0 Å². The predicted molar refractivity (Wildman–Crippen MR) is 117 cm³/mol. The molecule has 1 unspecified atom stereocenters. The molecule has 9 nitrogen and oxygen atoms in total. The number of pyridine rings is 1. The summed E-state index contributed by atoms with van der Waals surface area (Å²) in [6.45, 7) is 6.41. The minimum Gasteiger partial charge on any atom is -0.480 e. The Hall–Kier alpha value is -3.46. The number of carboxylic acids is 1. The van der Waals surface area contributed by atoms with Crippen molar-refractivity contribution in [2.45, 2.75) is 25.9 Å². The molecule has 162 valence electrons. The van der Waals surface area contributed by atoms with Gasteiger partial charge in [-0.25, -0.2) is 19.0 Å². The molecule has 3 heterocycles. The Morgan fingerprint density at radius 3 is 2.29 bits per heavy atom. The van der Waals surface area contributed by atoms with E-state index < -0.39 is 12.0 Å². The molecule has 4 rings (SSSR count). The Kier molecular flexibility index (Phi) is 5.85. The number of rotatable bonds is 6. The van der Waals surface area contributed by atoms with Crippen molar-refractivity contribution in [2.24, 2.45) is 0 Å². The van der Waals surface area contributed by atoms with Crippen molar-refractivity contribution in [1.29, 1.82) is 0 Å². The number of carbonyl (C=O) groups is 1. The van der Waals surface area contributed by atoms with E-state index in [4.69, 9.17) is 0 Å². The van der Waals surface area contributed by atoms with Crippen LogP contribution in [0, 0.1) is 0 Å². The number of hydrogen-bond acceptors (Lipinski definition) is 6. The van der Waals surface area contributed by atoms with Crippen LogP contribution >= 0.6 is 0 Å². The zero-order valence-electron chi connectivity index (χ0n) is 17.6. The van der Waals surface area contributed by atoms with Crippen LogP contribution in [0.5, 0.6) is 0 Å². The SMILES string of the molecule is CC(C)n1ncn(-c2ccc(N3CCN(C(C(=O)O)c4ccccc4)CC3)nc2)c1=O. The number of hydrogen-bond donors (Lipinski definition) is 1. The van der Waals surface area contributed by atoms with E-state index in [0.717, 1.165) is 11.4 Å². The molecule has 1 saturated heterocycles. The molecule has 0 saturated carbocycles. The fraction of sp³-hybridized carbons (Fsp3) is 0.364. The van der Waals surface area contributed by atoms with E-state index in [0.29, 0.717) is 31.9 Å². The molecule has 0 aliphatic carbocycles. The smallest absolute Gasteiger partial charge is 0.350 e. The van der Waals surface area contributed by atoms with E-state index in [9.17, 15) is 14.7 Å². The number of nitrogens with zero attached hydrogens (tertiary/aromatic N) is 6. The van der Waals surface area contributed by atoms with Gasteiger partial charge in [0.05, 0.1) is 17.9 Å². The average molecular weight is 422 g/mol. The van der Waals surface area contributed by atoms with Crippen molar-refractivity contribution < 1.29 is 9.90 Å². The Morgan fingerprint density at radius 2 is 1.74 bits per heavy atom. The maximum atomic E-state index is 12.4. The van der Waals surface area contributed by atoms with Gasteiger partial charge in [-0.1, -0.05) is 30.3 Å². The first-order chi connectivity index (χ1) is 15.0. The highest BCUT2D eigenvalue weighted by Gasteiger charge is 2.30. The third-order valence-corrected chi connectivity index (χ3v) is 5.55. The number of aromatic nitrogens is 4. The summed E-state index contributed by atoms with van der Waals surface area (Å²) in [6.07, 6.45) is 3.17. The molecule has 1 fully saturated rings. The van der Waals surface area contributed by atoms with Gasteiger partial charge in [0.15, 0.2) is 0 Å². The van der Waals surface area contributed by atoms with Gasteiger partial charge in [0.1, 0.15) is 18.2 Å². The zero-order valence-corrected chi connectivity index (χ0v) is 17.6. The van der Waals surface area contributed by atoms with E-state index in [1.165, 1.54) is 15.6 Å². The predicted octanol–water partition coefficient (Wildman–Crippen LogP) is 1.96. The highest BCUT2D eigenvalue weighted by Crippen LogP contribution is 2.24. The van der Waals surface area contributed by atoms with E-state index in [-0.39, 0.29) is 11.7 Å². The van der Waals surface area contributed by atoms with Crippen LogP contribution in [0.25, 0.3) is 5.69 Å². The lowest BCUT2D eigenvalue weighted by molar-refractivity contribution is -0.143. The van der Waals surface area contributed by atoms with Crippen molar-refractivity contribution in [1.82, 2.24) is 24.2 Å². The summed E-state index contributed by atoms with van der Waals surface area (Å²) in [6, 6.07) is 12.4. The summed E-state index contributed by atoms with van der Waals surface area (Å²) in [5, 5.41) is 13.9. The van der Waals surface area contributed by atoms with Crippen LogP contribution in [0.15, 0.2) is 59.8 Å². The lowest BCUT2D eigenvalue weighted by Crippen LogP contribution is -2.49. The first-order valence-corrected chi connectivity index (χ1v) is 10.3. The van der Waals surface area contributed by atoms with Crippen molar-refractivity contribution in [3.8, 4) is 5.69 Å². The second-order valence-electron chi connectivity index (χ2n) is 7.87. The highest BCUT2D eigenvalue weighted by atomic mass is 16.4. The summed E-state index contributed by atoms with van der Waals surface area (Å²) in [7, 11) is 0. The lowest BCUT2D eigenvalue weighted by Gasteiger charge is -2.38. The van der Waals surface area contributed by atoms with E-state index in [1.54, 1.807) is 6.20 Å². The Morgan fingerprint density at radius 1 is 1.03 bits per heavy atom. The number of benzene rings is 1. The summed E-state index contributed by atoms with van der Waals surface area (Å²) in [4.78, 5) is 33.0. The summed E-state index contributed by atoms with van der Waals surface area (Å²) < 4.78 is 2.91. The Labute approximate surface area is 180 Å². The largest absolute Gasteiger partial charge is 0.480 e. The summed E-state index contributed by atoms with van der Waals surface area (Å²) >= 11 is 0. The molecule has 1 aliphatic heterocycles. The van der Waals surface area contributed by atoms with Crippen LogP contribution in [0.2, 0.25) is 0 Å². The average Bonchev–Trinajstić information content (AvgIpc) is 3.17. The topological polar surface area (TPSA) is 96.5 Å². The molecule has 0 radical (unpaired) electrons. The first kappa shape index (κ1) is 20.8. The molecule has 1 aromatic carbocycles. The van der Waals surface area contributed by atoms with Crippen molar-refractivity contribution in [2.75, 3.05) is 31.1 Å². The van der Waals surface area contributed by atoms with Gasteiger partial charge in [0.25, 0.3) is 0 Å². The molecule has 3 aromatic rings. The number of piperazine rings is 1. The lowest BCUT2D eigenvalue weighted by atomic mass is 10.0. The van der Waals surface area contributed by atoms with Crippen LogP contribution in [-0.4, -0.2) is 61.5 Å². The standard InChI is InChI=1S/C22H26N6O3/c1-16(2)28-22(31)27(15-24-28)18-8-9-19(23-14-18)25-10-12-26(13-11-25)20(21(29)30)17-6-4-3-5-7-17/h3-9,14-16,20H,10-13H2,1-2H3,(H,29,30). The van der Waals surface area contributed by atoms with E-state index >= 15 is 0 Å². The van der Waals surface area contributed by atoms with Crippen LogP contribution in [0.1, 0.15) is 31.5 Å². The van der Waals surface area contributed by atoms with Gasteiger partial charge in [-0.2, -0.15) is 5.10 Å².